The van der Waals surface area contributed by atoms with Crippen LogP contribution in [0.2, 0.25) is 0 Å². The summed E-state index contributed by atoms with van der Waals surface area (Å²) in [4.78, 5) is 25.5. The number of nitrogens with zero attached hydrogens (tertiary/aromatic N) is 2. The molecule has 72 valence electrons. The van der Waals surface area contributed by atoms with Crippen LogP contribution in [0.3, 0.4) is 0 Å². The van der Waals surface area contributed by atoms with Crippen molar-refractivity contribution >= 4 is 29.1 Å². The number of hydrogen-bond acceptors (Lipinski definition) is 3. The highest BCUT2D eigenvalue weighted by atomic mass is 32.1. The van der Waals surface area contributed by atoms with Crippen LogP contribution in [-0.2, 0) is 9.59 Å². The van der Waals surface area contributed by atoms with E-state index in [0.29, 0.717) is 18.2 Å². The average Bonchev–Trinajstić information content (AvgIpc) is 2.04. The first-order valence-electron chi connectivity index (χ1n) is 4.26. The maximum atomic E-state index is 11.3. The second-order valence-electron chi connectivity index (χ2n) is 2.74. The minimum Gasteiger partial charge on any atom is -0.289 e. The van der Waals surface area contributed by atoms with Gasteiger partial charge in [0.2, 0.25) is 11.8 Å². The van der Waals surface area contributed by atoms with E-state index < -0.39 is 0 Å². The molecule has 1 rings (SSSR count). The normalized spacial score (nSPS) is 18.5. The lowest BCUT2D eigenvalue weighted by Gasteiger charge is -2.34. The van der Waals surface area contributed by atoms with Crippen molar-refractivity contribution in [3.05, 3.63) is 0 Å². The van der Waals surface area contributed by atoms with Crippen molar-refractivity contribution < 1.29 is 9.59 Å². The first-order chi connectivity index (χ1) is 6.11. The van der Waals surface area contributed by atoms with Gasteiger partial charge in [0.25, 0.3) is 0 Å². The minimum atomic E-state index is -0.192. The molecule has 0 N–H and O–H groups in total. The summed E-state index contributed by atoms with van der Waals surface area (Å²) < 4.78 is 0. The molecule has 0 aliphatic carbocycles. The third-order valence-electron chi connectivity index (χ3n) is 2.00. The first-order valence-corrected chi connectivity index (χ1v) is 4.67. The molecule has 0 aromatic rings. The highest BCUT2D eigenvalue weighted by molar-refractivity contribution is 7.80. The monoisotopic (exact) mass is 200 g/mol. The SMILES string of the molecule is CCN1C(=O)CC(=O)N(CC)C1=S. The Hall–Kier alpha value is -0.970. The Morgan fingerprint density at radius 3 is 1.85 bits per heavy atom. The van der Waals surface area contributed by atoms with Crippen LogP contribution in [0.5, 0.6) is 0 Å². The van der Waals surface area contributed by atoms with Gasteiger partial charge in [-0.3, -0.25) is 19.4 Å². The van der Waals surface area contributed by atoms with Crippen molar-refractivity contribution in [3.63, 3.8) is 0 Å². The zero-order valence-electron chi connectivity index (χ0n) is 7.74. The summed E-state index contributed by atoms with van der Waals surface area (Å²) in [6.45, 7) is 4.74. The Morgan fingerprint density at radius 2 is 1.54 bits per heavy atom. The highest BCUT2D eigenvalue weighted by Crippen LogP contribution is 2.11. The minimum absolute atomic E-state index is 0.0538. The predicted octanol–water partition coefficient (Wildman–Crippen LogP) is 0.372. The summed E-state index contributed by atoms with van der Waals surface area (Å²) in [5.41, 5.74) is 0. The second kappa shape index (κ2) is 3.83. The van der Waals surface area contributed by atoms with E-state index in [0.717, 1.165) is 0 Å². The Balaban J connectivity index is 2.87. The standard InChI is InChI=1S/C8H12N2O2S/c1-3-9-6(11)5-7(12)10(4-2)8(9)13/h3-5H2,1-2H3. The van der Waals surface area contributed by atoms with Gasteiger partial charge in [0.05, 0.1) is 0 Å². The number of amides is 2. The van der Waals surface area contributed by atoms with Gasteiger partial charge in [-0.15, -0.1) is 0 Å². The fourth-order valence-corrected chi connectivity index (χ4v) is 1.76. The summed E-state index contributed by atoms with van der Waals surface area (Å²) in [6.07, 6.45) is -0.0538. The van der Waals surface area contributed by atoms with Crippen LogP contribution in [0.1, 0.15) is 20.3 Å². The van der Waals surface area contributed by atoms with Gasteiger partial charge in [-0.05, 0) is 26.1 Å². The molecule has 5 heteroatoms. The summed E-state index contributed by atoms with van der Waals surface area (Å²) in [5.74, 6) is -0.385. The molecule has 0 radical (unpaired) electrons. The Morgan fingerprint density at radius 1 is 1.15 bits per heavy atom. The molecule has 0 spiro atoms. The summed E-state index contributed by atoms with van der Waals surface area (Å²) in [5, 5.41) is 0.339. The van der Waals surface area contributed by atoms with Crippen molar-refractivity contribution in [2.24, 2.45) is 0 Å². The van der Waals surface area contributed by atoms with Crippen molar-refractivity contribution in [2.75, 3.05) is 13.1 Å². The molecule has 1 aliphatic rings. The largest absolute Gasteiger partial charge is 0.289 e. The van der Waals surface area contributed by atoms with Gasteiger partial charge in [-0.1, -0.05) is 0 Å². The number of rotatable bonds is 2. The zero-order valence-corrected chi connectivity index (χ0v) is 8.56. The Bertz CT molecular complexity index is 241. The van der Waals surface area contributed by atoms with Gasteiger partial charge in [-0.2, -0.15) is 0 Å². The molecule has 1 saturated heterocycles. The molecule has 4 nitrogen and oxygen atoms in total. The highest BCUT2D eigenvalue weighted by Gasteiger charge is 2.32. The Kier molecular flexibility index (Phi) is 2.98. The van der Waals surface area contributed by atoms with E-state index >= 15 is 0 Å². The van der Waals surface area contributed by atoms with Crippen molar-refractivity contribution in [2.45, 2.75) is 20.3 Å². The van der Waals surface area contributed by atoms with E-state index in [4.69, 9.17) is 12.2 Å². The second-order valence-corrected chi connectivity index (χ2v) is 3.10. The van der Waals surface area contributed by atoms with Crippen LogP contribution in [0.4, 0.5) is 0 Å². The fourth-order valence-electron chi connectivity index (χ4n) is 1.30. The summed E-state index contributed by atoms with van der Waals surface area (Å²) in [6, 6.07) is 0. The number of thiocarbonyl (C=S) groups is 1. The number of carbonyl (C=O) groups is 2. The van der Waals surface area contributed by atoms with Crippen LogP contribution < -0.4 is 0 Å². The van der Waals surface area contributed by atoms with Gasteiger partial charge in [0.1, 0.15) is 6.42 Å². The quantitative estimate of drug-likeness (QED) is 0.477. The number of carbonyl (C=O) groups excluding carboxylic acids is 2. The third-order valence-corrected chi connectivity index (χ3v) is 2.44. The number of hydrogen-bond donors (Lipinski definition) is 0. The van der Waals surface area contributed by atoms with Gasteiger partial charge < -0.3 is 0 Å². The van der Waals surface area contributed by atoms with E-state index in [2.05, 4.69) is 0 Å². The molecule has 0 unspecified atom stereocenters. The van der Waals surface area contributed by atoms with E-state index in [9.17, 15) is 9.59 Å². The molecule has 0 saturated carbocycles. The predicted molar refractivity (Wildman–Crippen MR) is 52.0 cm³/mol. The van der Waals surface area contributed by atoms with E-state index in [1.165, 1.54) is 9.80 Å². The van der Waals surface area contributed by atoms with Crippen LogP contribution in [-0.4, -0.2) is 39.8 Å². The average molecular weight is 200 g/mol. The van der Waals surface area contributed by atoms with E-state index in [1.54, 1.807) is 0 Å². The maximum Gasteiger partial charge on any atom is 0.238 e. The van der Waals surface area contributed by atoms with E-state index in [1.807, 2.05) is 13.8 Å². The molecule has 0 aromatic carbocycles. The summed E-state index contributed by atoms with van der Waals surface area (Å²) in [7, 11) is 0. The lowest BCUT2D eigenvalue weighted by Crippen LogP contribution is -2.54. The lowest BCUT2D eigenvalue weighted by atomic mass is 10.2. The topological polar surface area (TPSA) is 40.6 Å². The molecular formula is C8H12N2O2S. The van der Waals surface area contributed by atoms with Gasteiger partial charge in [-0.25, -0.2) is 0 Å². The van der Waals surface area contributed by atoms with Crippen LogP contribution in [0.15, 0.2) is 0 Å². The Labute approximate surface area is 82.5 Å². The molecule has 13 heavy (non-hydrogen) atoms. The molecule has 1 aliphatic heterocycles. The first kappa shape index (κ1) is 10.1. The maximum absolute atomic E-state index is 11.3. The third kappa shape index (κ3) is 1.70. The molecular weight excluding hydrogens is 188 g/mol. The zero-order chi connectivity index (χ0) is 10.0. The van der Waals surface area contributed by atoms with Crippen LogP contribution in [0.25, 0.3) is 0 Å². The molecule has 0 bridgehead atoms. The van der Waals surface area contributed by atoms with Crippen molar-refractivity contribution in [1.29, 1.82) is 0 Å². The lowest BCUT2D eigenvalue weighted by molar-refractivity contribution is -0.140. The molecule has 1 fully saturated rings. The smallest absolute Gasteiger partial charge is 0.238 e. The fraction of sp³-hybridized carbons (Fsp3) is 0.625. The van der Waals surface area contributed by atoms with Crippen LogP contribution >= 0.6 is 12.2 Å². The van der Waals surface area contributed by atoms with Gasteiger partial charge in [0.15, 0.2) is 5.11 Å². The van der Waals surface area contributed by atoms with Crippen molar-refractivity contribution in [3.8, 4) is 0 Å². The van der Waals surface area contributed by atoms with Gasteiger partial charge in [0, 0.05) is 13.1 Å². The van der Waals surface area contributed by atoms with E-state index in [-0.39, 0.29) is 18.2 Å². The van der Waals surface area contributed by atoms with Gasteiger partial charge >= 0.3 is 0 Å². The molecule has 2 amide bonds. The summed E-state index contributed by atoms with van der Waals surface area (Å²) >= 11 is 5.01. The van der Waals surface area contributed by atoms with Crippen molar-refractivity contribution in [1.82, 2.24) is 9.80 Å². The molecule has 0 atom stereocenters. The molecule has 0 aromatic heterocycles. The molecule has 1 heterocycles. The van der Waals surface area contributed by atoms with Crippen LogP contribution in [0, 0.1) is 0 Å².